The second-order valence-electron chi connectivity index (χ2n) is 6.12. The minimum atomic E-state index is -0.988. The predicted molar refractivity (Wildman–Crippen MR) is 98.1 cm³/mol. The lowest BCUT2D eigenvalue weighted by atomic mass is 10.0. The minimum absolute atomic E-state index is 0.0398. The van der Waals surface area contributed by atoms with Gasteiger partial charge in [0.05, 0.1) is 18.2 Å². The van der Waals surface area contributed by atoms with Gasteiger partial charge >= 0.3 is 5.97 Å². The van der Waals surface area contributed by atoms with Gasteiger partial charge in [-0.2, -0.15) is 0 Å². The van der Waals surface area contributed by atoms with E-state index >= 15 is 0 Å². The van der Waals surface area contributed by atoms with Gasteiger partial charge in [-0.25, -0.2) is 4.68 Å². The quantitative estimate of drug-likeness (QED) is 0.255. The van der Waals surface area contributed by atoms with Crippen LogP contribution in [-0.2, 0) is 22.6 Å². The van der Waals surface area contributed by atoms with Gasteiger partial charge in [-0.15, -0.1) is 5.10 Å². The number of carboxylic acids is 1. The van der Waals surface area contributed by atoms with Crippen LogP contribution in [0.5, 0.6) is 0 Å². The molecule has 2 aromatic rings. The van der Waals surface area contributed by atoms with Gasteiger partial charge in [0.1, 0.15) is 12.8 Å². The van der Waals surface area contributed by atoms with Crippen LogP contribution in [0.2, 0.25) is 0 Å². The summed E-state index contributed by atoms with van der Waals surface area (Å²) in [5, 5.41) is 22.7. The van der Waals surface area contributed by atoms with E-state index in [0.29, 0.717) is 13.0 Å². The van der Waals surface area contributed by atoms with Crippen molar-refractivity contribution in [3.8, 4) is 0 Å². The van der Waals surface area contributed by atoms with E-state index in [1.807, 2.05) is 6.07 Å². The Morgan fingerprint density at radius 3 is 2.63 bits per heavy atom. The maximum atomic E-state index is 12.3. The molecule has 0 radical (unpaired) electrons. The van der Waals surface area contributed by atoms with E-state index in [4.69, 9.17) is 16.6 Å². The molecule has 0 bridgehead atoms. The third-order valence-corrected chi connectivity index (χ3v) is 3.80. The van der Waals surface area contributed by atoms with Gasteiger partial charge in [0.15, 0.2) is 0 Å². The summed E-state index contributed by atoms with van der Waals surface area (Å²) >= 11 is 0. The molecule has 0 saturated heterocycles. The van der Waals surface area contributed by atoms with Crippen LogP contribution in [0.1, 0.15) is 30.1 Å². The first-order chi connectivity index (χ1) is 12.9. The van der Waals surface area contributed by atoms with E-state index in [1.165, 1.54) is 4.68 Å². The number of aromatic nitrogens is 3. The molecule has 0 aliphatic carbocycles. The van der Waals surface area contributed by atoms with Gasteiger partial charge in [-0.1, -0.05) is 35.5 Å². The highest BCUT2D eigenvalue weighted by Crippen LogP contribution is 2.16. The van der Waals surface area contributed by atoms with Crippen molar-refractivity contribution < 1.29 is 14.7 Å². The summed E-state index contributed by atoms with van der Waals surface area (Å²) in [5.74, 6) is -1.32. The fourth-order valence-electron chi connectivity index (χ4n) is 2.57. The summed E-state index contributed by atoms with van der Waals surface area (Å²) in [7, 11) is 0. The maximum absolute atomic E-state index is 12.3. The molecule has 1 aromatic carbocycles. The first-order valence-electron chi connectivity index (χ1n) is 8.63. The van der Waals surface area contributed by atoms with Crippen LogP contribution in [0.3, 0.4) is 0 Å². The molecule has 1 atom stereocenters. The molecule has 10 heteroatoms. The Balaban J connectivity index is 1.87. The Kier molecular flexibility index (Phi) is 7.86. The number of carboxylic acid groups (broad SMARTS) is 1. The van der Waals surface area contributed by atoms with Gasteiger partial charge in [-0.05, 0) is 24.9 Å². The van der Waals surface area contributed by atoms with Crippen LogP contribution in [-0.4, -0.2) is 44.8 Å². The minimum Gasteiger partial charge on any atom is -0.481 e. The van der Waals surface area contributed by atoms with Crippen molar-refractivity contribution >= 4 is 11.9 Å². The Bertz CT molecular complexity index is 733. The van der Waals surface area contributed by atoms with Crippen molar-refractivity contribution in [2.45, 2.75) is 38.1 Å². The normalized spacial score (nSPS) is 12.1. The molecule has 1 amide bonds. The molecule has 2 rings (SSSR count). The number of nitrogens with zero attached hydrogens (tertiary/aromatic N) is 3. The van der Waals surface area contributed by atoms with Gasteiger partial charge in [0.2, 0.25) is 5.91 Å². The van der Waals surface area contributed by atoms with Crippen molar-refractivity contribution in [2.75, 3.05) is 6.54 Å². The Labute approximate surface area is 156 Å². The van der Waals surface area contributed by atoms with Gasteiger partial charge in [-0.3, -0.25) is 14.9 Å². The predicted octanol–water partition coefficient (Wildman–Crippen LogP) is -0.666. The summed E-state index contributed by atoms with van der Waals surface area (Å²) < 4.78 is 1.43. The Morgan fingerprint density at radius 1 is 1.22 bits per heavy atom. The molecule has 0 unspecified atom stereocenters. The van der Waals surface area contributed by atoms with Crippen molar-refractivity contribution in [3.63, 3.8) is 0 Å². The van der Waals surface area contributed by atoms with Crippen LogP contribution in [0.4, 0.5) is 0 Å². The summed E-state index contributed by atoms with van der Waals surface area (Å²) in [4.78, 5) is 23.4. The highest BCUT2D eigenvalue weighted by atomic mass is 16.4. The zero-order valence-electron chi connectivity index (χ0n) is 14.9. The highest BCUT2D eigenvalue weighted by Gasteiger charge is 2.18. The average Bonchev–Trinajstić information content (AvgIpc) is 3.05. The number of carbonyl (C=O) groups is 2. The van der Waals surface area contributed by atoms with Crippen LogP contribution >= 0.6 is 0 Å². The molecule has 1 aromatic heterocycles. The molecular weight excluding hydrogens is 350 g/mol. The Hall–Kier alpha value is -2.82. The number of rotatable bonds is 11. The molecule has 146 valence electrons. The van der Waals surface area contributed by atoms with Gasteiger partial charge < -0.3 is 21.9 Å². The Morgan fingerprint density at radius 2 is 1.96 bits per heavy atom. The number of nitrogens with two attached hydrogens (primary N) is 2. The smallest absolute Gasteiger partial charge is 0.305 e. The van der Waals surface area contributed by atoms with Crippen LogP contribution in [0.15, 0.2) is 36.5 Å². The molecular formula is C17H25N7O3. The molecule has 27 heavy (non-hydrogen) atoms. The highest BCUT2D eigenvalue weighted by molar-refractivity contribution is 5.77. The van der Waals surface area contributed by atoms with E-state index in [1.54, 1.807) is 30.5 Å². The third kappa shape index (κ3) is 7.52. The van der Waals surface area contributed by atoms with E-state index < -0.39 is 18.3 Å². The zero-order chi connectivity index (χ0) is 19.6. The van der Waals surface area contributed by atoms with Crippen molar-refractivity contribution in [1.29, 1.82) is 0 Å². The second-order valence-corrected chi connectivity index (χ2v) is 6.12. The topological polar surface area (TPSA) is 161 Å². The van der Waals surface area contributed by atoms with Gasteiger partial charge in [0, 0.05) is 6.20 Å². The van der Waals surface area contributed by atoms with Crippen LogP contribution in [0.25, 0.3) is 0 Å². The number of hydrogen-bond donors (Lipinski definition) is 5. The molecule has 0 fully saturated rings. The van der Waals surface area contributed by atoms with Crippen LogP contribution < -0.4 is 22.1 Å². The number of nitrogens with one attached hydrogen (secondary N) is 2. The average molecular weight is 375 g/mol. The van der Waals surface area contributed by atoms with E-state index in [-0.39, 0.29) is 18.9 Å². The lowest BCUT2D eigenvalue weighted by Gasteiger charge is -2.17. The number of amides is 1. The lowest BCUT2D eigenvalue weighted by molar-refractivity contribution is -0.137. The van der Waals surface area contributed by atoms with E-state index in [9.17, 15) is 9.59 Å². The van der Waals surface area contributed by atoms with E-state index in [0.717, 1.165) is 17.7 Å². The molecule has 1 heterocycles. The fraction of sp³-hybridized carbons (Fsp3) is 0.412. The first kappa shape index (κ1) is 20.5. The van der Waals surface area contributed by atoms with Crippen molar-refractivity contribution in [2.24, 2.45) is 11.5 Å². The lowest BCUT2D eigenvalue weighted by Crippen LogP contribution is -2.45. The van der Waals surface area contributed by atoms with E-state index in [2.05, 4.69) is 20.9 Å². The largest absolute Gasteiger partial charge is 0.481 e. The second kappa shape index (κ2) is 10.4. The van der Waals surface area contributed by atoms with Crippen LogP contribution in [0, 0.1) is 0 Å². The number of aliphatic carboxylic acids is 1. The number of carbonyl (C=O) groups excluding carboxylic acids is 1. The molecule has 7 N–H and O–H groups in total. The number of hydrogen-bond acceptors (Lipinski definition) is 7. The van der Waals surface area contributed by atoms with Gasteiger partial charge in [0.25, 0.3) is 0 Å². The first-order valence-corrected chi connectivity index (χ1v) is 8.63. The maximum Gasteiger partial charge on any atom is 0.305 e. The SMILES string of the molecule is NC(N)NCCCc1cn(CC(=O)N[C@@H](CC(=O)O)c2ccccc2)nn1. The zero-order valence-corrected chi connectivity index (χ0v) is 14.9. The molecule has 0 saturated carbocycles. The number of benzene rings is 1. The van der Waals surface area contributed by atoms with Crippen molar-refractivity contribution in [3.05, 3.63) is 47.8 Å². The summed E-state index contributed by atoms with van der Waals surface area (Å²) in [6.45, 7) is 0.612. The standard InChI is InChI=1S/C17H25N7O3/c18-17(19)20-8-4-7-13-10-24(23-22-13)11-15(25)21-14(9-16(26)27)12-5-2-1-3-6-12/h1-3,5-6,10,14,17,20H,4,7-9,11,18-19H2,(H,21,25)(H,26,27)/t14-/m0/s1. The molecule has 10 nitrogen and oxygen atoms in total. The molecule has 0 aliphatic rings. The third-order valence-electron chi connectivity index (χ3n) is 3.80. The number of aryl methyl sites for hydroxylation is 1. The summed E-state index contributed by atoms with van der Waals surface area (Å²) in [6, 6.07) is 8.38. The summed E-state index contributed by atoms with van der Waals surface area (Å²) in [6.07, 6.45) is 2.40. The fourth-order valence-corrected chi connectivity index (χ4v) is 2.57. The molecule has 0 aliphatic heterocycles. The monoisotopic (exact) mass is 375 g/mol. The molecule has 0 spiro atoms. The summed E-state index contributed by atoms with van der Waals surface area (Å²) in [5.41, 5.74) is 12.3. The van der Waals surface area contributed by atoms with Crippen molar-refractivity contribution in [1.82, 2.24) is 25.6 Å².